The number of nitrogens with one attached hydrogen (secondary N) is 4. The molecule has 2 aliphatic rings. The van der Waals surface area contributed by atoms with E-state index < -0.39 is 32.5 Å². The number of benzene rings is 2. The van der Waals surface area contributed by atoms with Crippen LogP contribution < -0.4 is 20.7 Å². The Labute approximate surface area is 190 Å². The van der Waals surface area contributed by atoms with Crippen LogP contribution in [0.3, 0.4) is 0 Å². The molecule has 2 aliphatic heterocycles. The number of anilines is 2. The number of rotatable bonds is 5. The lowest BCUT2D eigenvalue weighted by molar-refractivity contribution is 0.262. The molecular weight excluding hydrogens is 459 g/mol. The van der Waals surface area contributed by atoms with Crippen molar-refractivity contribution in [1.82, 2.24) is 10.0 Å². The van der Waals surface area contributed by atoms with Gasteiger partial charge in [-0.3, -0.25) is 0 Å². The van der Waals surface area contributed by atoms with Crippen LogP contribution in [-0.4, -0.2) is 37.7 Å². The minimum atomic E-state index is -4.15. The Hall–Kier alpha value is -2.40. The largest absolute Gasteiger partial charge is 0.504 e. The molecule has 2 heterocycles. The molecule has 2 aromatic carbocycles. The van der Waals surface area contributed by atoms with Crippen molar-refractivity contribution in [2.45, 2.75) is 55.6 Å². The molecule has 5 N–H and O–H groups in total. The highest BCUT2D eigenvalue weighted by Crippen LogP contribution is 2.38. The molecule has 0 spiro atoms. The first-order valence-corrected chi connectivity index (χ1v) is 12.1. The molecule has 2 fully saturated rings. The number of aromatic hydroxyl groups is 1. The maximum absolute atomic E-state index is 13.7. The maximum Gasteiger partial charge on any atom is 0.323 e. The number of phenolic OH excluding ortho intramolecular Hbond substituents is 1. The van der Waals surface area contributed by atoms with Crippen molar-refractivity contribution in [2.24, 2.45) is 0 Å². The highest BCUT2D eigenvalue weighted by atomic mass is 35.5. The van der Waals surface area contributed by atoms with E-state index in [0.717, 1.165) is 12.8 Å². The summed E-state index contributed by atoms with van der Waals surface area (Å²) in [6.45, 7) is 1.51. The fourth-order valence-electron chi connectivity index (χ4n) is 4.35. The standard InChI is InChI=1S/C21H24ClFN4O4S/c1-11-16(23)3-2-4-17(11)25-21(29)26-18-8-7-15(22)20(19(18)28)32(30,31)27-14-9-12-5-6-13(10-14)24-12/h2-4,7-8,12-14,24,27-28H,5-6,9-10H2,1H3,(H2,25,26,29). The monoisotopic (exact) mass is 482 g/mol. The van der Waals surface area contributed by atoms with E-state index >= 15 is 0 Å². The fourth-order valence-corrected chi connectivity index (χ4v) is 6.25. The van der Waals surface area contributed by atoms with E-state index in [-0.39, 0.29) is 40.1 Å². The third-order valence-corrected chi connectivity index (χ3v) is 7.93. The van der Waals surface area contributed by atoms with Gasteiger partial charge < -0.3 is 21.1 Å². The van der Waals surface area contributed by atoms with Crippen molar-refractivity contribution < 1.29 is 22.7 Å². The number of halogens is 2. The van der Waals surface area contributed by atoms with Gasteiger partial charge in [0.2, 0.25) is 10.0 Å². The number of piperidine rings is 1. The molecule has 2 atom stereocenters. The normalized spacial score (nSPS) is 22.5. The summed E-state index contributed by atoms with van der Waals surface area (Å²) in [5.74, 6) is -1.16. The van der Waals surface area contributed by atoms with Gasteiger partial charge in [0.1, 0.15) is 10.7 Å². The molecule has 2 bridgehead atoms. The molecule has 0 radical (unpaired) electrons. The lowest BCUT2D eigenvalue weighted by atomic mass is 10.0. The molecule has 172 valence electrons. The zero-order valence-electron chi connectivity index (χ0n) is 17.3. The first kappa shape index (κ1) is 22.8. The number of carbonyl (C=O) groups is 1. The van der Waals surface area contributed by atoms with Gasteiger partial charge in [0.15, 0.2) is 5.75 Å². The molecule has 2 aromatic rings. The van der Waals surface area contributed by atoms with Crippen LogP contribution in [0.2, 0.25) is 5.02 Å². The van der Waals surface area contributed by atoms with E-state index in [0.29, 0.717) is 12.8 Å². The van der Waals surface area contributed by atoms with E-state index in [1.807, 2.05) is 0 Å². The predicted molar refractivity (Wildman–Crippen MR) is 120 cm³/mol. The zero-order valence-corrected chi connectivity index (χ0v) is 18.9. The lowest BCUT2D eigenvalue weighted by Crippen LogP contribution is -2.47. The van der Waals surface area contributed by atoms with Crippen molar-refractivity contribution in [3.63, 3.8) is 0 Å². The number of urea groups is 1. The third kappa shape index (κ3) is 4.68. The Morgan fingerprint density at radius 1 is 1.12 bits per heavy atom. The molecule has 0 aromatic heterocycles. The highest BCUT2D eigenvalue weighted by molar-refractivity contribution is 7.89. The fraction of sp³-hybridized carbons (Fsp3) is 0.381. The smallest absolute Gasteiger partial charge is 0.323 e. The van der Waals surface area contributed by atoms with Crippen LogP contribution in [0.25, 0.3) is 0 Å². The summed E-state index contributed by atoms with van der Waals surface area (Å²) >= 11 is 6.12. The second-order valence-corrected chi connectivity index (χ2v) is 10.2. The second-order valence-electron chi connectivity index (χ2n) is 8.19. The summed E-state index contributed by atoms with van der Waals surface area (Å²) in [5, 5.41) is 18.8. The average molecular weight is 483 g/mol. The molecule has 2 unspecified atom stereocenters. The minimum absolute atomic E-state index is 0.147. The van der Waals surface area contributed by atoms with Gasteiger partial charge in [-0.05, 0) is 56.9 Å². The van der Waals surface area contributed by atoms with Crippen LogP contribution in [0.4, 0.5) is 20.6 Å². The molecule has 8 nitrogen and oxygen atoms in total. The topological polar surface area (TPSA) is 120 Å². The number of carbonyl (C=O) groups excluding carboxylic acids is 1. The Morgan fingerprint density at radius 3 is 2.47 bits per heavy atom. The highest BCUT2D eigenvalue weighted by Gasteiger charge is 2.36. The Bertz CT molecular complexity index is 1150. The maximum atomic E-state index is 13.7. The number of fused-ring (bicyclic) bond motifs is 2. The van der Waals surface area contributed by atoms with Gasteiger partial charge in [-0.25, -0.2) is 22.3 Å². The van der Waals surface area contributed by atoms with Crippen LogP contribution >= 0.6 is 11.6 Å². The van der Waals surface area contributed by atoms with Gasteiger partial charge in [0.05, 0.1) is 10.7 Å². The van der Waals surface area contributed by atoms with Crippen molar-refractivity contribution in [2.75, 3.05) is 10.6 Å². The van der Waals surface area contributed by atoms with E-state index in [2.05, 4.69) is 20.7 Å². The summed E-state index contributed by atoms with van der Waals surface area (Å²) in [6.07, 6.45) is 3.32. The van der Waals surface area contributed by atoms with Crippen molar-refractivity contribution in [1.29, 1.82) is 0 Å². The number of hydrogen-bond donors (Lipinski definition) is 5. The van der Waals surface area contributed by atoms with E-state index in [1.165, 1.54) is 37.3 Å². The van der Waals surface area contributed by atoms with Gasteiger partial charge in [0, 0.05) is 29.4 Å². The number of phenols is 1. The second kappa shape index (κ2) is 8.86. The van der Waals surface area contributed by atoms with Gasteiger partial charge in [-0.15, -0.1) is 0 Å². The van der Waals surface area contributed by atoms with Crippen molar-refractivity contribution in [3.8, 4) is 5.75 Å². The van der Waals surface area contributed by atoms with Crippen LogP contribution in [0, 0.1) is 12.7 Å². The van der Waals surface area contributed by atoms with Crippen LogP contribution in [0.15, 0.2) is 35.2 Å². The first-order valence-electron chi connectivity index (χ1n) is 10.3. The van der Waals surface area contributed by atoms with Crippen LogP contribution in [0.5, 0.6) is 5.75 Å². The van der Waals surface area contributed by atoms with E-state index in [4.69, 9.17) is 11.6 Å². The third-order valence-electron chi connectivity index (χ3n) is 5.91. The Kier molecular flexibility index (Phi) is 6.30. The van der Waals surface area contributed by atoms with Crippen molar-refractivity contribution >= 4 is 39.0 Å². The summed E-state index contributed by atoms with van der Waals surface area (Å²) in [5.41, 5.74) is 0.337. The average Bonchev–Trinajstić information content (AvgIpc) is 3.05. The molecule has 2 amide bonds. The quantitative estimate of drug-likeness (QED) is 0.416. The molecule has 0 saturated carbocycles. The summed E-state index contributed by atoms with van der Waals surface area (Å²) in [6, 6.07) is 6.30. The van der Waals surface area contributed by atoms with E-state index in [1.54, 1.807) is 0 Å². The lowest BCUT2D eigenvalue weighted by Gasteiger charge is -2.29. The SMILES string of the molecule is Cc1c(F)cccc1NC(=O)Nc1ccc(Cl)c(S(=O)(=O)NC2CC3CCC(C2)N3)c1O. The van der Waals surface area contributed by atoms with Crippen LogP contribution in [-0.2, 0) is 10.0 Å². The number of amides is 2. The molecule has 0 aliphatic carbocycles. The molecule has 2 saturated heterocycles. The van der Waals surface area contributed by atoms with Gasteiger partial charge >= 0.3 is 6.03 Å². The molecule has 4 rings (SSSR count). The zero-order chi connectivity index (χ0) is 23.0. The summed E-state index contributed by atoms with van der Waals surface area (Å²) < 4.78 is 42.4. The van der Waals surface area contributed by atoms with Crippen LogP contribution in [0.1, 0.15) is 31.2 Å². The summed E-state index contributed by atoms with van der Waals surface area (Å²) in [4.78, 5) is 11.9. The van der Waals surface area contributed by atoms with Crippen molar-refractivity contribution in [3.05, 3.63) is 46.7 Å². The first-order chi connectivity index (χ1) is 15.1. The number of sulfonamides is 1. The Balaban J connectivity index is 1.53. The number of hydrogen-bond acceptors (Lipinski definition) is 5. The molecule has 32 heavy (non-hydrogen) atoms. The van der Waals surface area contributed by atoms with E-state index in [9.17, 15) is 22.7 Å². The van der Waals surface area contributed by atoms with Gasteiger partial charge in [-0.2, -0.15) is 0 Å². The Morgan fingerprint density at radius 2 is 1.78 bits per heavy atom. The molecule has 11 heteroatoms. The summed E-state index contributed by atoms with van der Waals surface area (Å²) in [7, 11) is -4.15. The minimum Gasteiger partial charge on any atom is -0.504 e. The van der Waals surface area contributed by atoms with Gasteiger partial charge in [-0.1, -0.05) is 17.7 Å². The van der Waals surface area contributed by atoms with Gasteiger partial charge in [0.25, 0.3) is 0 Å². The predicted octanol–water partition coefficient (Wildman–Crippen LogP) is 3.70. The molecular formula is C21H24ClFN4O4S.